The van der Waals surface area contributed by atoms with Gasteiger partial charge in [-0.25, -0.2) is 9.97 Å². The van der Waals surface area contributed by atoms with E-state index in [2.05, 4.69) is 49.9 Å². The van der Waals surface area contributed by atoms with E-state index in [1.165, 1.54) is 22.9 Å². The lowest BCUT2D eigenvalue weighted by Gasteiger charge is -2.44. The molecule has 38 heavy (non-hydrogen) atoms. The molecular weight excluding hydrogens is 557 g/mol. The fraction of sp³-hybridized carbons (Fsp3) is 0.393. The molecule has 0 radical (unpaired) electrons. The largest absolute Gasteiger partial charge is 0.598 e. The van der Waals surface area contributed by atoms with E-state index in [4.69, 9.17) is 23.2 Å². The summed E-state index contributed by atoms with van der Waals surface area (Å²) in [6.07, 6.45) is 4.41. The maximum Gasteiger partial charge on any atom is 0.184 e. The van der Waals surface area contributed by atoms with Crippen molar-refractivity contribution in [2.75, 3.05) is 18.0 Å². The Labute approximate surface area is 241 Å². The van der Waals surface area contributed by atoms with Crippen LogP contribution in [0.1, 0.15) is 56.5 Å². The van der Waals surface area contributed by atoms with E-state index < -0.39 is 11.4 Å². The highest BCUT2D eigenvalue weighted by Gasteiger charge is 2.50. The number of halogens is 2. The van der Waals surface area contributed by atoms with Crippen LogP contribution in [-0.2, 0) is 17.8 Å². The van der Waals surface area contributed by atoms with Crippen molar-refractivity contribution in [2.24, 2.45) is 5.41 Å². The number of nitriles is 1. The Bertz CT molecular complexity index is 1380. The molecule has 2 atom stereocenters. The molecule has 5 rings (SSSR count). The van der Waals surface area contributed by atoms with E-state index in [0.29, 0.717) is 26.6 Å². The Morgan fingerprint density at radius 1 is 1.16 bits per heavy atom. The van der Waals surface area contributed by atoms with E-state index in [0.717, 1.165) is 37.2 Å². The molecule has 2 aliphatic rings. The molecule has 0 saturated carbocycles. The zero-order valence-corrected chi connectivity index (χ0v) is 24.6. The quantitative estimate of drug-likeness (QED) is 0.331. The fourth-order valence-corrected chi connectivity index (χ4v) is 7.52. The molecule has 10 heteroatoms. The topological polar surface area (TPSA) is 87.9 Å². The molecule has 2 aromatic carbocycles. The fourth-order valence-electron chi connectivity index (χ4n) is 5.29. The number of anilines is 1. The van der Waals surface area contributed by atoms with Gasteiger partial charge in [0.05, 0.1) is 22.3 Å². The number of rotatable bonds is 5. The van der Waals surface area contributed by atoms with Crippen LogP contribution in [0.25, 0.3) is 0 Å². The molecule has 3 aromatic rings. The Hall–Kier alpha value is -1.99. The predicted octanol–water partition coefficient (Wildman–Crippen LogP) is 6.74. The summed E-state index contributed by atoms with van der Waals surface area (Å²) in [4.78, 5) is 12.1. The summed E-state index contributed by atoms with van der Waals surface area (Å²) in [6, 6.07) is 16.2. The zero-order valence-electron chi connectivity index (χ0n) is 21.5. The van der Waals surface area contributed by atoms with Gasteiger partial charge in [-0.05, 0) is 63.3 Å². The van der Waals surface area contributed by atoms with Gasteiger partial charge in [-0.3, -0.25) is 0 Å². The van der Waals surface area contributed by atoms with Crippen molar-refractivity contribution < 1.29 is 4.55 Å². The maximum atomic E-state index is 13.1. The highest BCUT2D eigenvalue weighted by atomic mass is 35.5. The summed E-state index contributed by atoms with van der Waals surface area (Å²) in [7, 11) is 0. The van der Waals surface area contributed by atoms with Gasteiger partial charge >= 0.3 is 0 Å². The van der Waals surface area contributed by atoms with Crippen molar-refractivity contribution in [3.8, 4) is 6.07 Å². The minimum absolute atomic E-state index is 0.0173. The van der Waals surface area contributed by atoms with E-state index in [9.17, 15) is 9.81 Å². The van der Waals surface area contributed by atoms with Crippen molar-refractivity contribution in [3.05, 3.63) is 75.5 Å². The average molecular weight is 587 g/mol. The zero-order chi connectivity index (χ0) is 27.1. The molecule has 1 N–H and O–H groups in total. The highest BCUT2D eigenvalue weighted by molar-refractivity contribution is 7.99. The van der Waals surface area contributed by atoms with Crippen molar-refractivity contribution in [3.63, 3.8) is 0 Å². The molecule has 1 unspecified atom stereocenters. The Kier molecular flexibility index (Phi) is 7.89. The van der Waals surface area contributed by atoms with Crippen LogP contribution in [0.2, 0.25) is 10.0 Å². The van der Waals surface area contributed by atoms with Crippen LogP contribution in [0.5, 0.6) is 0 Å². The number of aromatic nitrogens is 2. The molecule has 198 valence electrons. The summed E-state index contributed by atoms with van der Waals surface area (Å²) < 4.78 is 16.3. The summed E-state index contributed by atoms with van der Waals surface area (Å²) in [6.45, 7) is 7.47. The average Bonchev–Trinajstić information content (AvgIpc) is 3.19. The molecule has 1 aliphatic heterocycles. The predicted molar refractivity (Wildman–Crippen MR) is 155 cm³/mol. The van der Waals surface area contributed by atoms with Gasteiger partial charge in [0, 0.05) is 34.8 Å². The molecule has 2 heterocycles. The standard InChI is InChI=1S/C28H29Cl2N5OS2/c1-27(2,3)38(36)34-25-19-8-5-4-7-18(19)15-28(25)11-13-35(14-12-28)26-21(16-31)33-23(17-32-26)37-22-10-6-9-20(29)24(22)30/h4-10,17,25,34H,11-15H2,1-3H3/t25-,38?/m1/s1. The highest BCUT2D eigenvalue weighted by Crippen LogP contribution is 2.53. The summed E-state index contributed by atoms with van der Waals surface area (Å²) in [5.41, 5.74) is 2.82. The van der Waals surface area contributed by atoms with Gasteiger partial charge in [0.1, 0.15) is 15.8 Å². The summed E-state index contributed by atoms with van der Waals surface area (Å²) in [5, 5.41) is 11.4. The SMILES string of the molecule is CC(C)(C)[S+]([O-])N[C@@H]1c2ccccc2CC12CCN(c1ncc(Sc3cccc(Cl)c3Cl)nc1C#N)CC2. The second-order valence-corrected chi connectivity index (χ2v) is 14.6. The lowest BCUT2D eigenvalue weighted by Crippen LogP contribution is -2.50. The third kappa shape index (κ3) is 5.38. The van der Waals surface area contributed by atoms with E-state index in [-0.39, 0.29) is 16.2 Å². The second-order valence-electron chi connectivity index (χ2n) is 10.8. The van der Waals surface area contributed by atoms with Gasteiger partial charge in [0.2, 0.25) is 0 Å². The molecule has 1 aromatic heterocycles. The number of fused-ring (bicyclic) bond motifs is 1. The smallest absolute Gasteiger partial charge is 0.184 e. The van der Waals surface area contributed by atoms with Crippen molar-refractivity contribution >= 4 is 52.1 Å². The van der Waals surface area contributed by atoms with Gasteiger partial charge in [-0.15, -0.1) is 4.72 Å². The Morgan fingerprint density at radius 3 is 2.61 bits per heavy atom. The molecule has 6 nitrogen and oxygen atoms in total. The molecule has 1 fully saturated rings. The van der Waals surface area contributed by atoms with Gasteiger partial charge < -0.3 is 9.45 Å². The van der Waals surface area contributed by atoms with Gasteiger partial charge in [0.25, 0.3) is 0 Å². The second kappa shape index (κ2) is 10.9. The monoisotopic (exact) mass is 585 g/mol. The van der Waals surface area contributed by atoms with Gasteiger partial charge in [-0.2, -0.15) is 5.26 Å². The molecule has 0 amide bonds. The molecule has 1 saturated heterocycles. The van der Waals surface area contributed by atoms with E-state index >= 15 is 0 Å². The van der Waals surface area contributed by atoms with Crippen LogP contribution < -0.4 is 9.62 Å². The van der Waals surface area contributed by atoms with Crippen LogP contribution in [0.15, 0.2) is 58.6 Å². The first-order valence-electron chi connectivity index (χ1n) is 12.5. The van der Waals surface area contributed by atoms with Crippen LogP contribution in [0.3, 0.4) is 0 Å². The summed E-state index contributed by atoms with van der Waals surface area (Å²) in [5.74, 6) is 0.599. The minimum atomic E-state index is -1.18. The number of hydrogen-bond donors (Lipinski definition) is 1. The van der Waals surface area contributed by atoms with E-state index in [1.54, 1.807) is 12.3 Å². The number of nitrogens with zero attached hydrogens (tertiary/aromatic N) is 4. The number of hydrogen-bond acceptors (Lipinski definition) is 7. The van der Waals surface area contributed by atoms with Crippen LogP contribution in [0, 0.1) is 16.7 Å². The lowest BCUT2D eigenvalue weighted by molar-refractivity contribution is 0.176. The first kappa shape index (κ1) is 27.6. The Morgan fingerprint density at radius 2 is 1.89 bits per heavy atom. The van der Waals surface area contributed by atoms with Crippen molar-refractivity contribution in [2.45, 2.75) is 60.7 Å². The van der Waals surface area contributed by atoms with Gasteiger partial charge in [0.15, 0.2) is 11.5 Å². The Balaban J connectivity index is 1.35. The lowest BCUT2D eigenvalue weighted by atomic mass is 9.73. The number of benzene rings is 2. The van der Waals surface area contributed by atoms with E-state index in [1.807, 2.05) is 32.9 Å². The number of piperidine rings is 1. The third-order valence-electron chi connectivity index (χ3n) is 7.33. The van der Waals surface area contributed by atoms with Crippen LogP contribution in [0.4, 0.5) is 5.82 Å². The van der Waals surface area contributed by atoms with Crippen LogP contribution >= 0.6 is 35.0 Å². The van der Waals surface area contributed by atoms with Crippen molar-refractivity contribution in [1.82, 2.24) is 14.7 Å². The minimum Gasteiger partial charge on any atom is -0.598 e. The first-order valence-corrected chi connectivity index (χ1v) is 15.2. The summed E-state index contributed by atoms with van der Waals surface area (Å²) >= 11 is 12.6. The molecule has 1 aliphatic carbocycles. The number of nitrogens with one attached hydrogen (secondary N) is 1. The molecular formula is C28H29Cl2N5OS2. The normalized spacial score (nSPS) is 19.3. The molecule has 1 spiro atoms. The maximum absolute atomic E-state index is 13.1. The third-order valence-corrected chi connectivity index (χ3v) is 10.8. The molecule has 0 bridgehead atoms. The van der Waals surface area contributed by atoms with Crippen molar-refractivity contribution in [1.29, 1.82) is 5.26 Å². The first-order chi connectivity index (χ1) is 18.1. The van der Waals surface area contributed by atoms with Crippen LogP contribution in [-0.4, -0.2) is 32.4 Å². The van der Waals surface area contributed by atoms with Gasteiger partial charge in [-0.1, -0.05) is 65.3 Å².